The van der Waals surface area contributed by atoms with Crippen molar-refractivity contribution in [3.05, 3.63) is 0 Å². The molecule has 3 N–H and O–H groups in total. The van der Waals surface area contributed by atoms with Gasteiger partial charge in [0.25, 0.3) is 0 Å². The van der Waals surface area contributed by atoms with Crippen molar-refractivity contribution in [3.63, 3.8) is 0 Å². The van der Waals surface area contributed by atoms with Crippen molar-refractivity contribution in [2.75, 3.05) is 31.8 Å². The van der Waals surface area contributed by atoms with Gasteiger partial charge in [-0.1, -0.05) is 90.9 Å². The van der Waals surface area contributed by atoms with Gasteiger partial charge in [0.05, 0.1) is 13.2 Å². The lowest BCUT2D eigenvalue weighted by atomic mass is 10.0. The summed E-state index contributed by atoms with van der Waals surface area (Å²) in [5.74, 6) is -1.12. The van der Waals surface area contributed by atoms with Crippen LogP contribution in [0.4, 0.5) is 0 Å². The monoisotopic (exact) mass is 574 g/mol. The number of carbonyl (C=O) groups excluding carboxylic acids is 4. The van der Waals surface area contributed by atoms with Crippen LogP contribution in [0.25, 0.3) is 0 Å². The maximum atomic E-state index is 12.3. The molecule has 0 aliphatic heterocycles. The van der Waals surface area contributed by atoms with Crippen LogP contribution in [0.1, 0.15) is 117 Å². The van der Waals surface area contributed by atoms with Gasteiger partial charge in [-0.3, -0.25) is 14.4 Å². The molecule has 1 amide bonds. The number of nitrogens with one attached hydrogen (secondary N) is 1. The summed E-state index contributed by atoms with van der Waals surface area (Å²) < 4.78 is 14.9. The molecule has 0 saturated carbocycles. The van der Waals surface area contributed by atoms with E-state index in [1.54, 1.807) is 0 Å². The number of thioether (sulfide) groups is 1. The highest BCUT2D eigenvalue weighted by Gasteiger charge is 2.26. The van der Waals surface area contributed by atoms with Crippen LogP contribution in [-0.4, -0.2) is 67.7 Å². The second kappa shape index (κ2) is 26.4. The third-order valence-corrected chi connectivity index (χ3v) is 7.33. The van der Waals surface area contributed by atoms with Gasteiger partial charge in [-0.15, -0.1) is 0 Å². The van der Waals surface area contributed by atoms with Crippen LogP contribution >= 0.6 is 11.8 Å². The molecular weight excluding hydrogens is 520 g/mol. The Balaban J connectivity index is 3.79. The lowest BCUT2D eigenvalue weighted by Crippen LogP contribution is -2.51. The zero-order valence-corrected chi connectivity index (χ0v) is 25.5. The van der Waals surface area contributed by atoms with E-state index in [0.717, 1.165) is 19.3 Å². The number of rotatable bonds is 26. The summed E-state index contributed by atoms with van der Waals surface area (Å²) in [5, 5.41) is 2.47. The minimum atomic E-state index is -1.12. The van der Waals surface area contributed by atoms with Crippen molar-refractivity contribution in [1.29, 1.82) is 0 Å². The van der Waals surface area contributed by atoms with Gasteiger partial charge in [-0.2, -0.15) is 11.8 Å². The van der Waals surface area contributed by atoms with Gasteiger partial charge in [0.1, 0.15) is 13.2 Å². The number of esters is 3. The molecule has 0 bridgehead atoms. The lowest BCUT2D eigenvalue weighted by Gasteiger charge is -2.19. The predicted octanol–water partition coefficient (Wildman–Crippen LogP) is 5.07. The summed E-state index contributed by atoms with van der Waals surface area (Å²) in [6, 6.07) is -2.00. The predicted molar refractivity (Wildman–Crippen MR) is 156 cm³/mol. The fraction of sp³-hybridized carbons (Fsp3) is 0.862. The van der Waals surface area contributed by atoms with E-state index in [1.165, 1.54) is 83.1 Å². The maximum absolute atomic E-state index is 12.3. The second-order valence-corrected chi connectivity index (χ2v) is 11.1. The first-order chi connectivity index (χ1) is 18.8. The molecule has 228 valence electrons. The Morgan fingerprint density at radius 2 is 1.28 bits per heavy atom. The van der Waals surface area contributed by atoms with Gasteiger partial charge in [0, 0.05) is 24.3 Å². The quantitative estimate of drug-likeness (QED) is 0.0824. The van der Waals surface area contributed by atoms with Crippen molar-refractivity contribution < 1.29 is 33.4 Å². The number of ether oxygens (including phenoxy) is 3. The van der Waals surface area contributed by atoms with E-state index in [-0.39, 0.29) is 31.4 Å². The average molecular weight is 575 g/mol. The minimum Gasteiger partial charge on any atom is -0.467 e. The number of amides is 1. The molecule has 0 aliphatic rings. The Morgan fingerprint density at radius 1 is 0.744 bits per heavy atom. The van der Waals surface area contributed by atoms with Crippen LogP contribution in [-0.2, 0) is 33.4 Å². The van der Waals surface area contributed by atoms with E-state index in [0.29, 0.717) is 18.6 Å². The van der Waals surface area contributed by atoms with E-state index >= 15 is 0 Å². The van der Waals surface area contributed by atoms with E-state index in [4.69, 9.17) is 15.2 Å². The lowest BCUT2D eigenvalue weighted by molar-refractivity contribution is -0.152. The Hall–Kier alpha value is -1.81. The van der Waals surface area contributed by atoms with Crippen LogP contribution < -0.4 is 11.1 Å². The third-order valence-electron chi connectivity index (χ3n) is 6.28. The molecule has 2 unspecified atom stereocenters. The number of hydrogen-bond acceptors (Lipinski definition) is 9. The van der Waals surface area contributed by atoms with Gasteiger partial charge >= 0.3 is 17.9 Å². The smallest absolute Gasteiger partial charge is 0.331 e. The molecule has 0 heterocycles. The van der Waals surface area contributed by atoms with E-state index in [9.17, 15) is 19.2 Å². The topological polar surface area (TPSA) is 134 Å². The van der Waals surface area contributed by atoms with Crippen LogP contribution in [0.15, 0.2) is 0 Å². The first kappa shape index (κ1) is 37.2. The summed E-state index contributed by atoms with van der Waals surface area (Å²) in [4.78, 5) is 47.7. The van der Waals surface area contributed by atoms with Crippen LogP contribution in [0.2, 0.25) is 0 Å². The molecule has 0 fully saturated rings. The van der Waals surface area contributed by atoms with Crippen molar-refractivity contribution in [3.8, 4) is 0 Å². The molecule has 2 atom stereocenters. The molecule has 10 heteroatoms. The van der Waals surface area contributed by atoms with Gasteiger partial charge in [0.15, 0.2) is 6.04 Å². The van der Waals surface area contributed by atoms with Crippen molar-refractivity contribution in [2.24, 2.45) is 5.73 Å². The van der Waals surface area contributed by atoms with Crippen LogP contribution in [0, 0.1) is 0 Å². The van der Waals surface area contributed by atoms with Crippen molar-refractivity contribution in [1.82, 2.24) is 5.32 Å². The minimum absolute atomic E-state index is 0.195. The Kier molecular flexibility index (Phi) is 25.2. The molecule has 0 aromatic heterocycles. The number of carbonyl (C=O) groups is 4. The zero-order valence-electron chi connectivity index (χ0n) is 24.6. The average Bonchev–Trinajstić information content (AvgIpc) is 2.92. The molecule has 39 heavy (non-hydrogen) atoms. The maximum Gasteiger partial charge on any atom is 0.331 e. The highest BCUT2D eigenvalue weighted by molar-refractivity contribution is 7.99. The zero-order chi connectivity index (χ0) is 29.1. The Morgan fingerprint density at radius 3 is 1.82 bits per heavy atom. The van der Waals surface area contributed by atoms with Gasteiger partial charge in [0.2, 0.25) is 5.91 Å². The summed E-state index contributed by atoms with van der Waals surface area (Å²) in [5.41, 5.74) is 5.91. The SMILES string of the molecule is CCCCCCCCCCCCCCCC(=O)OCCSCC(N)C(=O)NC(COC(=O)CCC)C(=O)OC. The molecule has 0 aromatic rings. The second-order valence-electron chi connectivity index (χ2n) is 9.91. The summed E-state index contributed by atoms with van der Waals surface area (Å²) >= 11 is 1.38. The van der Waals surface area contributed by atoms with Gasteiger partial charge < -0.3 is 25.3 Å². The van der Waals surface area contributed by atoms with Crippen LogP contribution in [0.5, 0.6) is 0 Å². The van der Waals surface area contributed by atoms with Crippen molar-refractivity contribution >= 4 is 35.6 Å². The molecule has 0 saturated heterocycles. The highest BCUT2D eigenvalue weighted by atomic mass is 32.2. The van der Waals surface area contributed by atoms with E-state index < -0.39 is 29.9 Å². The molecule has 0 aromatic carbocycles. The third kappa shape index (κ3) is 22.7. The highest BCUT2D eigenvalue weighted by Crippen LogP contribution is 2.13. The molecular formula is C29H54N2O7S. The van der Waals surface area contributed by atoms with Crippen LogP contribution in [0.3, 0.4) is 0 Å². The molecule has 0 spiro atoms. The fourth-order valence-electron chi connectivity index (χ4n) is 3.90. The number of hydrogen-bond donors (Lipinski definition) is 2. The standard InChI is InChI=1S/C29H54N2O7S/c1-4-6-7-8-9-10-11-12-13-14-15-16-17-19-27(33)37-20-21-39-23-24(30)28(34)31-25(29(35)36-3)22-38-26(32)18-5-2/h24-25H,4-23,30H2,1-3H3,(H,31,34). The fourth-order valence-corrected chi connectivity index (χ4v) is 4.68. The molecule has 0 rings (SSSR count). The van der Waals surface area contributed by atoms with E-state index in [1.807, 2.05) is 6.92 Å². The summed E-state index contributed by atoms with van der Waals surface area (Å²) in [6.07, 6.45) is 17.7. The Labute approximate surface area is 240 Å². The van der Waals surface area contributed by atoms with Gasteiger partial charge in [-0.05, 0) is 12.8 Å². The summed E-state index contributed by atoms with van der Waals surface area (Å²) in [7, 11) is 1.19. The number of nitrogens with two attached hydrogens (primary N) is 1. The van der Waals surface area contributed by atoms with E-state index in [2.05, 4.69) is 17.0 Å². The first-order valence-electron chi connectivity index (χ1n) is 14.9. The number of methoxy groups -OCH3 is 1. The van der Waals surface area contributed by atoms with Crippen molar-refractivity contribution in [2.45, 2.75) is 129 Å². The molecule has 0 radical (unpaired) electrons. The summed E-state index contributed by atoms with van der Waals surface area (Å²) in [6.45, 7) is 4.03. The first-order valence-corrected chi connectivity index (χ1v) is 16.0. The van der Waals surface area contributed by atoms with Gasteiger partial charge in [-0.25, -0.2) is 4.79 Å². The molecule has 9 nitrogen and oxygen atoms in total. The Bertz CT molecular complexity index is 664. The molecule has 0 aliphatic carbocycles. The number of unbranched alkanes of at least 4 members (excludes halogenated alkanes) is 12. The largest absolute Gasteiger partial charge is 0.467 e. The normalized spacial score (nSPS) is 12.4.